The lowest BCUT2D eigenvalue weighted by Gasteiger charge is -2.17. The molecule has 1 unspecified atom stereocenters. The summed E-state index contributed by atoms with van der Waals surface area (Å²) >= 11 is 0. The molecule has 0 spiro atoms. The molecular weight excluding hydrogens is 230 g/mol. The Balaban J connectivity index is 2.05. The van der Waals surface area contributed by atoms with E-state index in [4.69, 9.17) is 0 Å². The molecule has 1 atom stereocenters. The van der Waals surface area contributed by atoms with Crippen molar-refractivity contribution in [2.24, 2.45) is 0 Å². The van der Waals surface area contributed by atoms with Gasteiger partial charge in [-0.3, -0.25) is 10.1 Å². The largest absolute Gasteiger partial charge is 0.382 e. The average Bonchev–Trinajstić information content (AvgIpc) is 2.57. The van der Waals surface area contributed by atoms with Crippen LogP contribution in [0.2, 0.25) is 0 Å². The molecule has 0 amide bonds. The molecule has 1 saturated heterocycles. The van der Waals surface area contributed by atoms with Crippen molar-refractivity contribution in [1.29, 1.82) is 0 Å². The predicted octanol–water partition coefficient (Wildman–Crippen LogP) is 2.46. The SMILES string of the molecule is Cc1cc(NC2CCCNCC2)ccc1[N+](=O)[O-]. The number of nitro benzene ring substituents is 1. The third-order valence-electron chi connectivity index (χ3n) is 3.34. The van der Waals surface area contributed by atoms with E-state index in [1.54, 1.807) is 19.1 Å². The lowest BCUT2D eigenvalue weighted by molar-refractivity contribution is -0.385. The third-order valence-corrected chi connectivity index (χ3v) is 3.34. The summed E-state index contributed by atoms with van der Waals surface area (Å²) in [6, 6.07) is 5.69. The van der Waals surface area contributed by atoms with Gasteiger partial charge in [-0.1, -0.05) is 0 Å². The Labute approximate surface area is 107 Å². The van der Waals surface area contributed by atoms with Crippen molar-refractivity contribution >= 4 is 11.4 Å². The van der Waals surface area contributed by atoms with E-state index in [1.807, 2.05) is 6.07 Å². The Hall–Kier alpha value is -1.62. The number of anilines is 1. The van der Waals surface area contributed by atoms with Crippen molar-refractivity contribution in [3.05, 3.63) is 33.9 Å². The highest BCUT2D eigenvalue weighted by atomic mass is 16.6. The van der Waals surface area contributed by atoms with Gasteiger partial charge in [-0.25, -0.2) is 0 Å². The minimum absolute atomic E-state index is 0.183. The smallest absolute Gasteiger partial charge is 0.272 e. The van der Waals surface area contributed by atoms with Gasteiger partial charge in [0.15, 0.2) is 0 Å². The summed E-state index contributed by atoms with van der Waals surface area (Å²) in [7, 11) is 0. The van der Waals surface area contributed by atoms with Gasteiger partial charge in [-0.15, -0.1) is 0 Å². The van der Waals surface area contributed by atoms with Crippen LogP contribution < -0.4 is 10.6 Å². The van der Waals surface area contributed by atoms with Crippen LogP contribution >= 0.6 is 0 Å². The summed E-state index contributed by atoms with van der Waals surface area (Å²) in [6.45, 7) is 3.89. The molecule has 0 bridgehead atoms. The summed E-state index contributed by atoms with van der Waals surface area (Å²) in [5, 5.41) is 17.6. The highest BCUT2D eigenvalue weighted by Gasteiger charge is 2.14. The van der Waals surface area contributed by atoms with Crippen molar-refractivity contribution in [2.75, 3.05) is 18.4 Å². The van der Waals surface area contributed by atoms with Gasteiger partial charge in [-0.2, -0.15) is 0 Å². The van der Waals surface area contributed by atoms with Crippen LogP contribution in [-0.2, 0) is 0 Å². The molecule has 1 aliphatic rings. The molecule has 0 saturated carbocycles. The van der Waals surface area contributed by atoms with Gasteiger partial charge in [0.2, 0.25) is 0 Å². The molecular formula is C13H19N3O2. The first-order chi connectivity index (χ1) is 8.66. The topological polar surface area (TPSA) is 67.2 Å². The van der Waals surface area contributed by atoms with Crippen LogP contribution in [0.1, 0.15) is 24.8 Å². The van der Waals surface area contributed by atoms with Gasteiger partial charge in [0, 0.05) is 23.4 Å². The highest BCUT2D eigenvalue weighted by Crippen LogP contribution is 2.23. The number of hydrogen-bond acceptors (Lipinski definition) is 4. The number of aryl methyl sites for hydroxylation is 1. The Morgan fingerprint density at radius 3 is 2.94 bits per heavy atom. The van der Waals surface area contributed by atoms with Gasteiger partial charge in [0.05, 0.1) is 4.92 Å². The molecule has 5 heteroatoms. The normalized spacial score (nSPS) is 20.2. The molecule has 0 aliphatic carbocycles. The van der Waals surface area contributed by atoms with Crippen LogP contribution in [0.3, 0.4) is 0 Å². The Morgan fingerprint density at radius 1 is 1.39 bits per heavy atom. The number of rotatable bonds is 3. The number of benzene rings is 1. The van der Waals surface area contributed by atoms with Crippen LogP contribution in [0.4, 0.5) is 11.4 Å². The van der Waals surface area contributed by atoms with E-state index >= 15 is 0 Å². The van der Waals surface area contributed by atoms with Gasteiger partial charge in [-0.05, 0) is 51.4 Å². The molecule has 2 rings (SSSR count). The second-order valence-electron chi connectivity index (χ2n) is 4.78. The van der Waals surface area contributed by atoms with Crippen LogP contribution in [0, 0.1) is 17.0 Å². The minimum Gasteiger partial charge on any atom is -0.382 e. The van der Waals surface area contributed by atoms with Gasteiger partial charge < -0.3 is 10.6 Å². The third kappa shape index (κ3) is 3.20. The maximum Gasteiger partial charge on any atom is 0.272 e. The number of nitrogens with zero attached hydrogens (tertiary/aromatic N) is 1. The van der Waals surface area contributed by atoms with Crippen LogP contribution in [0.5, 0.6) is 0 Å². The zero-order valence-electron chi connectivity index (χ0n) is 10.6. The number of nitro groups is 1. The lowest BCUT2D eigenvalue weighted by Crippen LogP contribution is -2.21. The Kier molecular flexibility index (Phi) is 4.15. The lowest BCUT2D eigenvalue weighted by atomic mass is 10.1. The molecule has 0 aromatic heterocycles. The molecule has 98 valence electrons. The fraction of sp³-hybridized carbons (Fsp3) is 0.538. The van der Waals surface area contributed by atoms with E-state index in [2.05, 4.69) is 10.6 Å². The molecule has 1 aromatic rings. The zero-order valence-corrected chi connectivity index (χ0v) is 10.6. The monoisotopic (exact) mass is 249 g/mol. The number of hydrogen-bond donors (Lipinski definition) is 2. The Bertz CT molecular complexity index is 426. The van der Waals surface area contributed by atoms with Gasteiger partial charge in [0.1, 0.15) is 0 Å². The second kappa shape index (κ2) is 5.82. The van der Waals surface area contributed by atoms with Crippen molar-refractivity contribution < 1.29 is 4.92 Å². The predicted molar refractivity (Wildman–Crippen MR) is 72.0 cm³/mol. The fourth-order valence-corrected chi connectivity index (χ4v) is 2.35. The van der Waals surface area contributed by atoms with Gasteiger partial charge >= 0.3 is 0 Å². The maximum absolute atomic E-state index is 10.7. The molecule has 1 aromatic carbocycles. The first kappa shape index (κ1) is 12.8. The standard InChI is InChI=1S/C13H19N3O2/c1-10-9-12(4-5-13(10)16(17)18)15-11-3-2-7-14-8-6-11/h4-5,9,11,14-15H,2-3,6-8H2,1H3. The molecule has 1 fully saturated rings. The molecule has 1 aliphatic heterocycles. The van der Waals surface area contributed by atoms with Crippen molar-refractivity contribution in [2.45, 2.75) is 32.2 Å². The van der Waals surface area contributed by atoms with Crippen LogP contribution in [-0.4, -0.2) is 24.1 Å². The van der Waals surface area contributed by atoms with E-state index < -0.39 is 0 Å². The van der Waals surface area contributed by atoms with E-state index in [1.165, 1.54) is 6.42 Å². The summed E-state index contributed by atoms with van der Waals surface area (Å²) < 4.78 is 0. The maximum atomic E-state index is 10.7. The highest BCUT2D eigenvalue weighted by molar-refractivity contribution is 5.54. The van der Waals surface area contributed by atoms with Gasteiger partial charge in [0.25, 0.3) is 5.69 Å². The Morgan fingerprint density at radius 2 is 2.22 bits per heavy atom. The van der Waals surface area contributed by atoms with E-state index in [0.29, 0.717) is 11.6 Å². The number of nitrogens with one attached hydrogen (secondary N) is 2. The molecule has 0 radical (unpaired) electrons. The first-order valence-electron chi connectivity index (χ1n) is 6.39. The zero-order chi connectivity index (χ0) is 13.0. The van der Waals surface area contributed by atoms with Crippen LogP contribution in [0.15, 0.2) is 18.2 Å². The summed E-state index contributed by atoms with van der Waals surface area (Å²) in [6.07, 6.45) is 3.41. The average molecular weight is 249 g/mol. The van der Waals surface area contributed by atoms with Crippen molar-refractivity contribution in [3.63, 3.8) is 0 Å². The van der Waals surface area contributed by atoms with Crippen LogP contribution in [0.25, 0.3) is 0 Å². The minimum atomic E-state index is -0.339. The molecule has 18 heavy (non-hydrogen) atoms. The van der Waals surface area contributed by atoms with E-state index in [0.717, 1.165) is 31.6 Å². The van der Waals surface area contributed by atoms with E-state index in [9.17, 15) is 10.1 Å². The van der Waals surface area contributed by atoms with E-state index in [-0.39, 0.29) is 10.6 Å². The van der Waals surface area contributed by atoms with Crippen molar-refractivity contribution in [1.82, 2.24) is 5.32 Å². The molecule has 5 nitrogen and oxygen atoms in total. The van der Waals surface area contributed by atoms with Crippen molar-refractivity contribution in [3.8, 4) is 0 Å². The fourth-order valence-electron chi connectivity index (χ4n) is 2.35. The summed E-state index contributed by atoms with van der Waals surface area (Å²) in [5.74, 6) is 0. The summed E-state index contributed by atoms with van der Waals surface area (Å²) in [5.41, 5.74) is 1.87. The molecule has 1 heterocycles. The molecule has 2 N–H and O–H groups in total. The summed E-state index contributed by atoms with van der Waals surface area (Å²) in [4.78, 5) is 10.4. The quantitative estimate of drug-likeness (QED) is 0.638. The second-order valence-corrected chi connectivity index (χ2v) is 4.78. The first-order valence-corrected chi connectivity index (χ1v) is 6.39.